The number of fused-ring (bicyclic) bond motifs is 1. The topological polar surface area (TPSA) is 65.8 Å². The van der Waals surface area contributed by atoms with Crippen LogP contribution in [0.1, 0.15) is 0 Å². The number of likely N-dealkylation sites (N-methyl/N-ethyl adjacent to an activating group) is 1. The highest BCUT2D eigenvalue weighted by Gasteiger charge is 2.20. The van der Waals surface area contributed by atoms with Crippen molar-refractivity contribution >= 4 is 18.5 Å². The van der Waals surface area contributed by atoms with Crippen LogP contribution in [0.15, 0.2) is 12.1 Å². The predicted octanol–water partition coefficient (Wildman–Crippen LogP) is -1.41. The lowest BCUT2D eigenvalue weighted by Crippen LogP contribution is -2.37. The van der Waals surface area contributed by atoms with Crippen molar-refractivity contribution in [1.82, 2.24) is 4.98 Å². The molecule has 2 N–H and O–H groups in total. The van der Waals surface area contributed by atoms with Gasteiger partial charge in [-0.2, -0.15) is 0 Å². The molecule has 0 fully saturated rings. The second kappa shape index (κ2) is 3.47. The van der Waals surface area contributed by atoms with E-state index in [9.17, 15) is 0 Å². The quantitative estimate of drug-likeness (QED) is 0.537. The van der Waals surface area contributed by atoms with Crippen LogP contribution in [0.5, 0.6) is 5.75 Å². The number of pyridine rings is 1. The molecular weight excluding hydrogens is 183 g/mol. The molecule has 0 aliphatic carbocycles. The van der Waals surface area contributed by atoms with Gasteiger partial charge in [-0.05, 0) is 12.1 Å². The molecule has 14 heavy (non-hydrogen) atoms. The zero-order valence-electron chi connectivity index (χ0n) is 7.84. The first-order valence-electron chi connectivity index (χ1n) is 4.39. The van der Waals surface area contributed by atoms with Crippen molar-refractivity contribution in [2.45, 2.75) is 0 Å². The van der Waals surface area contributed by atoms with Crippen LogP contribution in [0.25, 0.3) is 0 Å². The summed E-state index contributed by atoms with van der Waals surface area (Å²) in [6.07, 6.45) is 0. The molecule has 2 rings (SSSR count). The molecule has 0 atom stereocenters. The molecule has 1 aromatic rings. The number of rotatable bonds is 1. The van der Waals surface area contributed by atoms with Gasteiger partial charge in [-0.3, -0.25) is 0 Å². The van der Waals surface area contributed by atoms with Crippen LogP contribution < -0.4 is 15.2 Å². The maximum absolute atomic E-state index is 8.95. The standard InChI is InChI=1S/C8H11BN2O3/c1-11-4-5-14-6-2-3-7(9(12)13)10-8(6)11/h2-3,12-13H,4-5H2,1H3. The molecule has 6 heteroatoms. The summed E-state index contributed by atoms with van der Waals surface area (Å²) in [7, 11) is 0.359. The summed E-state index contributed by atoms with van der Waals surface area (Å²) >= 11 is 0. The van der Waals surface area contributed by atoms with Crippen molar-refractivity contribution in [3.8, 4) is 5.75 Å². The summed E-state index contributed by atoms with van der Waals surface area (Å²) in [5, 5.41) is 17.9. The molecule has 0 saturated heterocycles. The maximum atomic E-state index is 8.95. The predicted molar refractivity (Wildman–Crippen MR) is 52.8 cm³/mol. The molecule has 0 radical (unpaired) electrons. The van der Waals surface area contributed by atoms with Crippen LogP contribution in [-0.4, -0.2) is 42.3 Å². The van der Waals surface area contributed by atoms with E-state index in [1.54, 1.807) is 12.1 Å². The van der Waals surface area contributed by atoms with Gasteiger partial charge in [0.1, 0.15) is 6.61 Å². The van der Waals surface area contributed by atoms with Gasteiger partial charge in [0, 0.05) is 7.05 Å². The molecule has 0 saturated carbocycles. The van der Waals surface area contributed by atoms with Crippen molar-refractivity contribution in [2.24, 2.45) is 0 Å². The Kier molecular flexibility index (Phi) is 2.31. The number of anilines is 1. The van der Waals surface area contributed by atoms with E-state index >= 15 is 0 Å². The van der Waals surface area contributed by atoms with Gasteiger partial charge in [0.05, 0.1) is 12.1 Å². The summed E-state index contributed by atoms with van der Waals surface area (Å²) in [6.45, 7) is 1.39. The average Bonchev–Trinajstić information content (AvgIpc) is 2.18. The van der Waals surface area contributed by atoms with Gasteiger partial charge in [0.25, 0.3) is 0 Å². The van der Waals surface area contributed by atoms with E-state index in [-0.39, 0.29) is 5.59 Å². The second-order valence-corrected chi connectivity index (χ2v) is 3.20. The van der Waals surface area contributed by atoms with E-state index in [1.165, 1.54) is 0 Å². The van der Waals surface area contributed by atoms with Crippen molar-refractivity contribution in [1.29, 1.82) is 0 Å². The number of hydrogen-bond acceptors (Lipinski definition) is 5. The van der Waals surface area contributed by atoms with E-state index < -0.39 is 7.12 Å². The lowest BCUT2D eigenvalue weighted by Gasteiger charge is -2.26. The Labute approximate surface area is 82.1 Å². The highest BCUT2D eigenvalue weighted by molar-refractivity contribution is 6.57. The summed E-state index contributed by atoms with van der Waals surface area (Å²) < 4.78 is 5.36. The normalized spacial score (nSPS) is 14.6. The summed E-state index contributed by atoms with van der Waals surface area (Å²) in [5.41, 5.74) is 0.237. The Morgan fingerprint density at radius 1 is 1.50 bits per heavy atom. The third kappa shape index (κ3) is 1.54. The van der Waals surface area contributed by atoms with Gasteiger partial charge in [0.2, 0.25) is 0 Å². The third-order valence-electron chi connectivity index (χ3n) is 2.17. The molecule has 2 heterocycles. The van der Waals surface area contributed by atoms with E-state index in [0.29, 0.717) is 18.2 Å². The molecule has 1 aromatic heterocycles. The van der Waals surface area contributed by atoms with Crippen LogP contribution in [0.4, 0.5) is 5.82 Å². The number of hydrogen-bond donors (Lipinski definition) is 2. The van der Waals surface area contributed by atoms with Crippen LogP contribution in [-0.2, 0) is 0 Å². The van der Waals surface area contributed by atoms with Crippen molar-refractivity contribution in [2.75, 3.05) is 25.1 Å². The lowest BCUT2D eigenvalue weighted by molar-refractivity contribution is 0.309. The van der Waals surface area contributed by atoms with Gasteiger partial charge >= 0.3 is 7.12 Å². The zero-order valence-corrected chi connectivity index (χ0v) is 7.84. The Hall–Kier alpha value is -1.27. The molecule has 5 nitrogen and oxygen atoms in total. The summed E-state index contributed by atoms with van der Waals surface area (Å²) in [6, 6.07) is 3.25. The van der Waals surface area contributed by atoms with Crippen molar-refractivity contribution in [3.05, 3.63) is 12.1 Å². The fourth-order valence-corrected chi connectivity index (χ4v) is 1.38. The Bertz CT molecular complexity index is 345. The van der Waals surface area contributed by atoms with Crippen LogP contribution in [0.3, 0.4) is 0 Å². The van der Waals surface area contributed by atoms with Crippen LogP contribution in [0.2, 0.25) is 0 Å². The van der Waals surface area contributed by atoms with Crippen molar-refractivity contribution < 1.29 is 14.8 Å². The van der Waals surface area contributed by atoms with E-state index in [1.807, 2.05) is 11.9 Å². The van der Waals surface area contributed by atoms with Gasteiger partial charge < -0.3 is 19.7 Å². The summed E-state index contributed by atoms with van der Waals surface area (Å²) in [4.78, 5) is 6.02. The molecule has 1 aliphatic heterocycles. The van der Waals surface area contributed by atoms with Gasteiger partial charge in [-0.15, -0.1) is 0 Å². The fourth-order valence-electron chi connectivity index (χ4n) is 1.38. The first-order valence-corrected chi connectivity index (χ1v) is 4.39. The molecule has 0 spiro atoms. The molecule has 0 unspecified atom stereocenters. The minimum absolute atomic E-state index is 0.237. The largest absolute Gasteiger partial charge is 0.508 e. The van der Waals surface area contributed by atoms with Gasteiger partial charge in [-0.1, -0.05) is 0 Å². The molecule has 0 amide bonds. The second-order valence-electron chi connectivity index (χ2n) is 3.20. The van der Waals surface area contributed by atoms with E-state index in [0.717, 1.165) is 6.54 Å². The Morgan fingerprint density at radius 3 is 3.00 bits per heavy atom. The van der Waals surface area contributed by atoms with Gasteiger partial charge in [-0.25, -0.2) is 4.98 Å². The molecule has 0 bridgehead atoms. The lowest BCUT2D eigenvalue weighted by atomic mass is 9.85. The molecule has 74 valence electrons. The Balaban J connectivity index is 2.41. The minimum Gasteiger partial charge on any atom is -0.488 e. The maximum Gasteiger partial charge on any atom is 0.508 e. The number of ether oxygens (including phenoxy) is 1. The monoisotopic (exact) mass is 194 g/mol. The number of aromatic nitrogens is 1. The van der Waals surface area contributed by atoms with E-state index in [2.05, 4.69) is 4.98 Å². The Morgan fingerprint density at radius 2 is 2.29 bits per heavy atom. The van der Waals surface area contributed by atoms with Crippen LogP contribution in [0, 0.1) is 0 Å². The van der Waals surface area contributed by atoms with E-state index in [4.69, 9.17) is 14.8 Å². The third-order valence-corrected chi connectivity index (χ3v) is 2.17. The highest BCUT2D eigenvalue weighted by Crippen LogP contribution is 2.26. The number of nitrogens with zero attached hydrogens (tertiary/aromatic N) is 2. The minimum atomic E-state index is -1.53. The molecular formula is C8H11BN2O3. The highest BCUT2D eigenvalue weighted by atomic mass is 16.5. The van der Waals surface area contributed by atoms with Gasteiger partial charge in [0.15, 0.2) is 11.6 Å². The fraction of sp³-hybridized carbons (Fsp3) is 0.375. The van der Waals surface area contributed by atoms with Crippen molar-refractivity contribution in [3.63, 3.8) is 0 Å². The molecule has 1 aliphatic rings. The molecule has 0 aromatic carbocycles. The average molecular weight is 194 g/mol. The van der Waals surface area contributed by atoms with Crippen LogP contribution >= 0.6 is 0 Å². The SMILES string of the molecule is CN1CCOc2ccc(B(O)O)nc21. The summed E-state index contributed by atoms with van der Waals surface area (Å²) in [5.74, 6) is 1.34. The first kappa shape index (κ1) is 9.30. The zero-order chi connectivity index (χ0) is 10.1. The smallest absolute Gasteiger partial charge is 0.488 e. The first-order chi connectivity index (χ1) is 6.68.